The minimum atomic E-state index is 0.925. The summed E-state index contributed by atoms with van der Waals surface area (Å²) in [6.07, 6.45) is 7.50. The molecule has 0 unspecified atom stereocenters. The van der Waals surface area contributed by atoms with Gasteiger partial charge in [-0.2, -0.15) is 0 Å². The summed E-state index contributed by atoms with van der Waals surface area (Å²) in [6, 6.07) is 16.8. The Kier molecular flexibility index (Phi) is 3.74. The first-order valence-electron chi connectivity index (χ1n) is 7.22. The normalized spacial score (nSPS) is 13.1. The zero-order chi connectivity index (χ0) is 14.7. The lowest BCUT2D eigenvalue weighted by atomic mass is 10.0. The van der Waals surface area contributed by atoms with Crippen molar-refractivity contribution in [2.24, 2.45) is 0 Å². The van der Waals surface area contributed by atoms with Crippen LogP contribution >= 0.6 is 0 Å². The summed E-state index contributed by atoms with van der Waals surface area (Å²) in [6.45, 7) is 6.25. The predicted molar refractivity (Wildman–Crippen MR) is 92.0 cm³/mol. The number of aryl methyl sites for hydroxylation is 1. The zero-order valence-electron chi connectivity index (χ0n) is 12.3. The molecule has 0 spiro atoms. The molecule has 1 aliphatic carbocycles. The fourth-order valence-electron chi connectivity index (χ4n) is 2.49. The molecule has 1 nitrogen and oxygen atoms in total. The molecule has 3 rings (SSSR count). The Morgan fingerprint density at radius 3 is 2.48 bits per heavy atom. The van der Waals surface area contributed by atoms with E-state index in [1.54, 1.807) is 0 Å². The van der Waals surface area contributed by atoms with E-state index < -0.39 is 0 Å². The van der Waals surface area contributed by atoms with Gasteiger partial charge in [0.1, 0.15) is 0 Å². The van der Waals surface area contributed by atoms with Gasteiger partial charge in [0, 0.05) is 11.4 Å². The first kappa shape index (κ1) is 13.4. The lowest BCUT2D eigenvalue weighted by Crippen LogP contribution is -1.99. The first-order valence-corrected chi connectivity index (χ1v) is 7.22. The van der Waals surface area contributed by atoms with Crippen LogP contribution in [-0.2, 0) is 0 Å². The van der Waals surface area contributed by atoms with Crippen LogP contribution in [0.1, 0.15) is 23.1 Å². The predicted octanol–water partition coefficient (Wildman–Crippen LogP) is 5.42. The summed E-state index contributed by atoms with van der Waals surface area (Å²) in [5.41, 5.74) is 7.03. The quantitative estimate of drug-likeness (QED) is 0.784. The molecule has 21 heavy (non-hydrogen) atoms. The van der Waals surface area contributed by atoms with E-state index in [-0.39, 0.29) is 0 Å². The van der Waals surface area contributed by atoms with Crippen molar-refractivity contribution in [1.29, 1.82) is 0 Å². The first-order chi connectivity index (χ1) is 10.2. The van der Waals surface area contributed by atoms with E-state index in [0.29, 0.717) is 0 Å². The van der Waals surface area contributed by atoms with Crippen LogP contribution in [-0.4, -0.2) is 0 Å². The number of hydrogen-bond acceptors (Lipinski definition) is 1. The molecule has 1 aliphatic rings. The number of hydrogen-bond donors (Lipinski definition) is 1. The molecule has 0 aliphatic heterocycles. The number of para-hydroxylation sites is 1. The van der Waals surface area contributed by atoms with Crippen molar-refractivity contribution in [1.82, 2.24) is 0 Å². The number of nitrogens with one attached hydrogen (secondary N) is 1. The number of rotatable bonds is 4. The van der Waals surface area contributed by atoms with Crippen LogP contribution in [0.5, 0.6) is 0 Å². The van der Waals surface area contributed by atoms with Crippen molar-refractivity contribution >= 4 is 17.0 Å². The third kappa shape index (κ3) is 2.97. The van der Waals surface area contributed by atoms with Gasteiger partial charge in [-0.15, -0.1) is 0 Å². The summed E-state index contributed by atoms with van der Waals surface area (Å²) in [7, 11) is 0. The summed E-state index contributed by atoms with van der Waals surface area (Å²) in [4.78, 5) is 0. The maximum Gasteiger partial charge on any atom is 0.0413 e. The van der Waals surface area contributed by atoms with Crippen molar-refractivity contribution in [3.63, 3.8) is 0 Å². The Morgan fingerprint density at radius 1 is 1.05 bits per heavy atom. The molecule has 0 fully saturated rings. The highest BCUT2D eigenvalue weighted by atomic mass is 14.9. The van der Waals surface area contributed by atoms with Gasteiger partial charge in [-0.25, -0.2) is 0 Å². The highest BCUT2D eigenvalue weighted by molar-refractivity contribution is 5.78. The molecule has 1 N–H and O–H groups in total. The molecular formula is C20H19N. The summed E-state index contributed by atoms with van der Waals surface area (Å²) < 4.78 is 0. The number of benzene rings is 2. The molecule has 0 atom stereocenters. The van der Waals surface area contributed by atoms with E-state index in [2.05, 4.69) is 73.4 Å². The van der Waals surface area contributed by atoms with Crippen LogP contribution in [0.4, 0.5) is 5.69 Å². The zero-order valence-corrected chi connectivity index (χ0v) is 12.3. The minimum absolute atomic E-state index is 0.925. The minimum Gasteiger partial charge on any atom is -0.355 e. The van der Waals surface area contributed by atoms with E-state index in [9.17, 15) is 0 Å². The van der Waals surface area contributed by atoms with Crippen molar-refractivity contribution in [3.8, 4) is 0 Å². The Bertz CT molecular complexity index is 718. The lowest BCUT2D eigenvalue weighted by Gasteiger charge is -2.13. The van der Waals surface area contributed by atoms with Gasteiger partial charge in [-0.05, 0) is 41.7 Å². The van der Waals surface area contributed by atoms with E-state index >= 15 is 0 Å². The standard InChI is InChI=1S/C20H19N/c1-15-7-3-6-10-20(15)21-16(2)17-11-13-19(14-12-17)18-8-4-5-9-18/h3-8,10-14,21H,2,9H2,1H3. The van der Waals surface area contributed by atoms with Crippen LogP contribution in [0.3, 0.4) is 0 Å². The van der Waals surface area contributed by atoms with Gasteiger partial charge in [0.2, 0.25) is 0 Å². The monoisotopic (exact) mass is 273 g/mol. The second-order valence-electron chi connectivity index (χ2n) is 5.32. The van der Waals surface area contributed by atoms with Gasteiger partial charge in [-0.3, -0.25) is 0 Å². The largest absolute Gasteiger partial charge is 0.355 e. The molecule has 0 saturated heterocycles. The Morgan fingerprint density at radius 2 is 1.81 bits per heavy atom. The SMILES string of the molecule is C=C(Nc1ccccc1C)c1ccc(C2=CC=CC2)cc1. The fraction of sp³-hybridized carbons (Fsp3) is 0.100. The molecule has 0 heterocycles. The van der Waals surface area contributed by atoms with Crippen LogP contribution in [0, 0.1) is 6.92 Å². The molecule has 0 saturated carbocycles. The van der Waals surface area contributed by atoms with Crippen molar-refractivity contribution in [2.75, 3.05) is 5.32 Å². The molecule has 2 aromatic rings. The second kappa shape index (κ2) is 5.84. The van der Waals surface area contributed by atoms with Gasteiger partial charge >= 0.3 is 0 Å². The maximum atomic E-state index is 4.15. The van der Waals surface area contributed by atoms with E-state index in [1.807, 2.05) is 12.1 Å². The smallest absolute Gasteiger partial charge is 0.0413 e. The highest BCUT2D eigenvalue weighted by Gasteiger charge is 2.05. The van der Waals surface area contributed by atoms with Crippen molar-refractivity contribution < 1.29 is 0 Å². The number of anilines is 1. The Hall–Kier alpha value is -2.54. The van der Waals surface area contributed by atoms with E-state index in [4.69, 9.17) is 0 Å². The van der Waals surface area contributed by atoms with Gasteiger partial charge in [0.15, 0.2) is 0 Å². The third-order valence-corrected chi connectivity index (χ3v) is 3.81. The van der Waals surface area contributed by atoms with Crippen LogP contribution in [0.2, 0.25) is 0 Å². The van der Waals surface area contributed by atoms with Gasteiger partial charge in [0.25, 0.3) is 0 Å². The van der Waals surface area contributed by atoms with Crippen molar-refractivity contribution in [3.05, 3.63) is 90.0 Å². The second-order valence-corrected chi connectivity index (χ2v) is 5.32. The maximum absolute atomic E-state index is 4.15. The molecule has 2 aromatic carbocycles. The van der Waals surface area contributed by atoms with Crippen LogP contribution < -0.4 is 5.32 Å². The summed E-state index contributed by atoms with van der Waals surface area (Å²) in [5, 5.41) is 3.39. The van der Waals surface area contributed by atoms with Crippen molar-refractivity contribution in [2.45, 2.75) is 13.3 Å². The average molecular weight is 273 g/mol. The molecular weight excluding hydrogens is 254 g/mol. The Balaban J connectivity index is 1.75. The summed E-state index contributed by atoms with van der Waals surface area (Å²) in [5.74, 6) is 0. The summed E-state index contributed by atoms with van der Waals surface area (Å²) >= 11 is 0. The fourth-order valence-corrected chi connectivity index (χ4v) is 2.49. The van der Waals surface area contributed by atoms with Crippen LogP contribution in [0.15, 0.2) is 73.3 Å². The average Bonchev–Trinajstić information content (AvgIpc) is 3.04. The lowest BCUT2D eigenvalue weighted by molar-refractivity contribution is 1.41. The molecule has 0 radical (unpaired) electrons. The molecule has 0 aromatic heterocycles. The molecule has 0 bridgehead atoms. The van der Waals surface area contributed by atoms with Gasteiger partial charge in [0.05, 0.1) is 0 Å². The van der Waals surface area contributed by atoms with Gasteiger partial charge < -0.3 is 5.32 Å². The molecule has 104 valence electrons. The van der Waals surface area contributed by atoms with E-state index in [1.165, 1.54) is 16.7 Å². The van der Waals surface area contributed by atoms with Gasteiger partial charge in [-0.1, -0.05) is 67.3 Å². The van der Waals surface area contributed by atoms with E-state index in [0.717, 1.165) is 23.4 Å². The topological polar surface area (TPSA) is 12.0 Å². The molecule has 1 heteroatoms. The third-order valence-electron chi connectivity index (χ3n) is 3.81. The number of allylic oxidation sites excluding steroid dienone is 4. The highest BCUT2D eigenvalue weighted by Crippen LogP contribution is 2.25. The molecule has 0 amide bonds. The van der Waals surface area contributed by atoms with Crippen LogP contribution in [0.25, 0.3) is 11.3 Å². The Labute approximate surface area is 126 Å².